The van der Waals surface area contributed by atoms with Crippen molar-refractivity contribution < 1.29 is 14.3 Å². The van der Waals surface area contributed by atoms with Crippen molar-refractivity contribution in [3.8, 4) is 5.75 Å². The molecule has 1 atom stereocenters. The summed E-state index contributed by atoms with van der Waals surface area (Å²) >= 11 is 6.02. The standard InChI is InChI=1S/C17H17ClN2O3/c1-11(23-15-5-3-2-4-14(15)18)10-20-17(22)13-8-6-12(7-9-13)16(19)21/h2-9,11H,10H2,1H3,(H2,19,21)(H,20,22)/t11-/m0/s1. The van der Waals surface area contributed by atoms with Crippen LogP contribution in [0.1, 0.15) is 27.6 Å². The molecule has 6 heteroatoms. The fourth-order valence-electron chi connectivity index (χ4n) is 1.92. The molecule has 0 spiro atoms. The van der Waals surface area contributed by atoms with Gasteiger partial charge in [0, 0.05) is 11.1 Å². The molecular weight excluding hydrogens is 316 g/mol. The summed E-state index contributed by atoms with van der Waals surface area (Å²) in [4.78, 5) is 23.0. The van der Waals surface area contributed by atoms with Crippen molar-refractivity contribution >= 4 is 23.4 Å². The first kappa shape index (κ1) is 16.8. The van der Waals surface area contributed by atoms with Crippen LogP contribution in [0.4, 0.5) is 0 Å². The van der Waals surface area contributed by atoms with E-state index >= 15 is 0 Å². The third kappa shape index (κ3) is 4.72. The first-order valence-corrected chi connectivity index (χ1v) is 7.44. The second-order valence-corrected chi connectivity index (χ2v) is 5.42. The van der Waals surface area contributed by atoms with Gasteiger partial charge in [-0.05, 0) is 43.3 Å². The Bertz CT molecular complexity index is 701. The predicted octanol–water partition coefficient (Wildman–Crippen LogP) is 2.64. The molecule has 23 heavy (non-hydrogen) atoms. The van der Waals surface area contributed by atoms with Crippen LogP contribution in [0.2, 0.25) is 5.02 Å². The van der Waals surface area contributed by atoms with Crippen LogP contribution in [0.5, 0.6) is 5.75 Å². The van der Waals surface area contributed by atoms with Gasteiger partial charge in [0.2, 0.25) is 5.91 Å². The van der Waals surface area contributed by atoms with Crippen molar-refractivity contribution in [2.45, 2.75) is 13.0 Å². The first-order chi connectivity index (χ1) is 11.0. The number of hydrogen-bond acceptors (Lipinski definition) is 3. The number of primary amides is 1. The van der Waals surface area contributed by atoms with E-state index in [9.17, 15) is 9.59 Å². The Labute approximate surface area is 139 Å². The highest BCUT2D eigenvalue weighted by Crippen LogP contribution is 2.24. The van der Waals surface area contributed by atoms with Crippen molar-refractivity contribution in [2.75, 3.05) is 6.54 Å². The van der Waals surface area contributed by atoms with E-state index in [0.29, 0.717) is 28.4 Å². The lowest BCUT2D eigenvalue weighted by molar-refractivity contribution is 0.0930. The number of ether oxygens (including phenoxy) is 1. The van der Waals surface area contributed by atoms with Gasteiger partial charge < -0.3 is 15.8 Å². The highest BCUT2D eigenvalue weighted by atomic mass is 35.5. The molecule has 2 rings (SSSR count). The van der Waals surface area contributed by atoms with Crippen LogP contribution >= 0.6 is 11.6 Å². The van der Waals surface area contributed by atoms with Crippen LogP contribution in [0.15, 0.2) is 48.5 Å². The topological polar surface area (TPSA) is 81.4 Å². The Morgan fingerprint density at radius 1 is 1.13 bits per heavy atom. The number of hydrogen-bond donors (Lipinski definition) is 2. The van der Waals surface area contributed by atoms with E-state index in [4.69, 9.17) is 22.1 Å². The Morgan fingerprint density at radius 3 is 2.35 bits per heavy atom. The maximum absolute atomic E-state index is 12.0. The van der Waals surface area contributed by atoms with Gasteiger partial charge in [0.15, 0.2) is 0 Å². The quantitative estimate of drug-likeness (QED) is 0.853. The SMILES string of the molecule is C[C@@H](CNC(=O)c1ccc(C(N)=O)cc1)Oc1ccccc1Cl. The van der Waals surface area contributed by atoms with E-state index in [1.807, 2.05) is 19.1 Å². The highest BCUT2D eigenvalue weighted by Gasteiger charge is 2.11. The Kier molecular flexibility index (Phi) is 5.60. The zero-order chi connectivity index (χ0) is 16.8. The lowest BCUT2D eigenvalue weighted by Gasteiger charge is -2.16. The van der Waals surface area contributed by atoms with Gasteiger partial charge in [-0.3, -0.25) is 9.59 Å². The van der Waals surface area contributed by atoms with Gasteiger partial charge in [0.05, 0.1) is 11.6 Å². The van der Waals surface area contributed by atoms with Crippen molar-refractivity contribution in [1.29, 1.82) is 0 Å². The van der Waals surface area contributed by atoms with Gasteiger partial charge in [0.1, 0.15) is 11.9 Å². The smallest absolute Gasteiger partial charge is 0.251 e. The molecule has 0 fully saturated rings. The molecule has 0 aliphatic heterocycles. The minimum absolute atomic E-state index is 0.247. The van der Waals surface area contributed by atoms with Crippen LogP contribution in [-0.2, 0) is 0 Å². The second kappa shape index (κ2) is 7.65. The Morgan fingerprint density at radius 2 is 1.74 bits per heavy atom. The summed E-state index contributed by atoms with van der Waals surface area (Å²) in [5.74, 6) is -0.212. The van der Waals surface area contributed by atoms with Crippen molar-refractivity contribution in [3.05, 3.63) is 64.7 Å². The number of halogens is 1. The molecule has 2 aromatic carbocycles. The lowest BCUT2D eigenvalue weighted by Crippen LogP contribution is -2.33. The highest BCUT2D eigenvalue weighted by molar-refractivity contribution is 6.32. The number of rotatable bonds is 6. The summed E-state index contributed by atoms with van der Waals surface area (Å²) < 4.78 is 5.67. The maximum Gasteiger partial charge on any atom is 0.251 e. The van der Waals surface area contributed by atoms with Gasteiger partial charge in [-0.2, -0.15) is 0 Å². The largest absolute Gasteiger partial charge is 0.487 e. The van der Waals surface area contributed by atoms with Crippen LogP contribution < -0.4 is 15.8 Å². The third-order valence-corrected chi connectivity index (χ3v) is 3.46. The van der Waals surface area contributed by atoms with Crippen LogP contribution in [0, 0.1) is 0 Å². The van der Waals surface area contributed by atoms with E-state index in [0.717, 1.165) is 0 Å². The fourth-order valence-corrected chi connectivity index (χ4v) is 2.10. The van der Waals surface area contributed by atoms with E-state index in [1.165, 1.54) is 12.1 Å². The number of para-hydroxylation sites is 1. The monoisotopic (exact) mass is 332 g/mol. The van der Waals surface area contributed by atoms with Crippen molar-refractivity contribution in [1.82, 2.24) is 5.32 Å². The zero-order valence-corrected chi connectivity index (χ0v) is 13.3. The number of nitrogens with two attached hydrogens (primary N) is 1. The number of benzene rings is 2. The minimum Gasteiger partial charge on any atom is -0.487 e. The van der Waals surface area contributed by atoms with Gasteiger partial charge in [0.25, 0.3) is 5.91 Å². The molecule has 0 bridgehead atoms. The first-order valence-electron chi connectivity index (χ1n) is 7.06. The summed E-state index contributed by atoms with van der Waals surface area (Å²) in [6.45, 7) is 2.15. The average molecular weight is 333 g/mol. The maximum atomic E-state index is 12.0. The lowest BCUT2D eigenvalue weighted by atomic mass is 10.1. The normalized spacial score (nSPS) is 11.6. The van der Waals surface area contributed by atoms with Crippen LogP contribution in [0.25, 0.3) is 0 Å². The average Bonchev–Trinajstić information content (AvgIpc) is 2.55. The zero-order valence-electron chi connectivity index (χ0n) is 12.6. The van der Waals surface area contributed by atoms with E-state index < -0.39 is 5.91 Å². The molecule has 3 N–H and O–H groups in total. The number of amides is 2. The molecule has 0 saturated carbocycles. The number of nitrogens with one attached hydrogen (secondary N) is 1. The molecule has 5 nitrogen and oxygen atoms in total. The molecule has 0 aliphatic carbocycles. The molecule has 0 unspecified atom stereocenters. The molecule has 120 valence electrons. The summed E-state index contributed by atoms with van der Waals surface area (Å²) in [5, 5.41) is 3.28. The van der Waals surface area contributed by atoms with Gasteiger partial charge in [-0.1, -0.05) is 23.7 Å². The van der Waals surface area contributed by atoms with Crippen LogP contribution in [-0.4, -0.2) is 24.5 Å². The van der Waals surface area contributed by atoms with Crippen LogP contribution in [0.3, 0.4) is 0 Å². The summed E-state index contributed by atoms with van der Waals surface area (Å²) in [5.41, 5.74) is 5.96. The van der Waals surface area contributed by atoms with Gasteiger partial charge >= 0.3 is 0 Å². The third-order valence-electron chi connectivity index (χ3n) is 3.15. The van der Waals surface area contributed by atoms with E-state index in [2.05, 4.69) is 5.32 Å². The number of carbonyl (C=O) groups is 2. The predicted molar refractivity (Wildman–Crippen MR) is 88.8 cm³/mol. The fraction of sp³-hybridized carbons (Fsp3) is 0.176. The second-order valence-electron chi connectivity index (χ2n) is 5.01. The molecule has 0 radical (unpaired) electrons. The molecule has 0 heterocycles. The van der Waals surface area contributed by atoms with E-state index in [1.54, 1.807) is 24.3 Å². The van der Waals surface area contributed by atoms with Gasteiger partial charge in [-0.15, -0.1) is 0 Å². The van der Waals surface area contributed by atoms with E-state index in [-0.39, 0.29) is 12.0 Å². The number of carbonyl (C=O) groups excluding carboxylic acids is 2. The molecule has 0 aliphatic rings. The molecule has 0 aromatic heterocycles. The molecule has 2 amide bonds. The van der Waals surface area contributed by atoms with Crippen molar-refractivity contribution in [3.63, 3.8) is 0 Å². The minimum atomic E-state index is -0.529. The Balaban J connectivity index is 1.88. The molecule has 2 aromatic rings. The summed E-state index contributed by atoms with van der Waals surface area (Å²) in [7, 11) is 0. The molecular formula is C17H17ClN2O3. The summed E-state index contributed by atoms with van der Waals surface area (Å²) in [6.07, 6.45) is -0.247. The summed E-state index contributed by atoms with van der Waals surface area (Å²) in [6, 6.07) is 13.3. The van der Waals surface area contributed by atoms with Gasteiger partial charge in [-0.25, -0.2) is 0 Å². The Hall–Kier alpha value is -2.53. The molecule has 0 saturated heterocycles. The van der Waals surface area contributed by atoms with Crippen molar-refractivity contribution in [2.24, 2.45) is 5.73 Å².